The number of likely N-dealkylation sites (tertiary alicyclic amines) is 1. The zero-order chi connectivity index (χ0) is 18.9. The van der Waals surface area contributed by atoms with Crippen molar-refractivity contribution in [3.05, 3.63) is 24.3 Å². The second-order valence-electron chi connectivity index (χ2n) is 6.99. The number of nitrogens with one attached hydrogen (secondary N) is 1. The van der Waals surface area contributed by atoms with Crippen LogP contribution in [0.3, 0.4) is 0 Å². The topological polar surface area (TPSA) is 67.9 Å². The normalized spacial score (nSPS) is 15.0. The highest BCUT2D eigenvalue weighted by Gasteiger charge is 2.24. The number of benzene rings is 1. The van der Waals surface area contributed by atoms with E-state index in [1.54, 1.807) is 6.07 Å². The third-order valence-corrected chi connectivity index (χ3v) is 4.30. The van der Waals surface area contributed by atoms with E-state index in [0.717, 1.165) is 12.8 Å². The highest BCUT2D eigenvalue weighted by atomic mass is 16.5. The number of carbonyl (C=O) groups excluding carboxylic acids is 2. The minimum absolute atomic E-state index is 0.0451. The third kappa shape index (κ3) is 6.24. The number of ether oxygens (including phenoxy) is 2. The fourth-order valence-corrected chi connectivity index (χ4v) is 3.01. The molecule has 0 radical (unpaired) electrons. The lowest BCUT2D eigenvalue weighted by Crippen LogP contribution is -2.47. The molecule has 2 rings (SSSR count). The van der Waals surface area contributed by atoms with Crippen molar-refractivity contribution in [3.63, 3.8) is 0 Å². The van der Waals surface area contributed by atoms with E-state index >= 15 is 0 Å². The molecule has 0 saturated carbocycles. The predicted octanol–water partition coefficient (Wildman–Crippen LogP) is 2.62. The quantitative estimate of drug-likeness (QED) is 0.772. The summed E-state index contributed by atoms with van der Waals surface area (Å²) in [5.74, 6) is 1.64. The first-order valence-electron chi connectivity index (χ1n) is 9.41. The Morgan fingerprint density at radius 1 is 1.15 bits per heavy atom. The molecule has 0 spiro atoms. The van der Waals surface area contributed by atoms with Crippen LogP contribution in [-0.4, -0.2) is 49.1 Å². The number of hydrogen-bond donors (Lipinski definition) is 1. The van der Waals surface area contributed by atoms with Crippen LogP contribution in [0.5, 0.6) is 11.5 Å². The Hall–Kier alpha value is -2.24. The van der Waals surface area contributed by atoms with E-state index in [9.17, 15) is 9.59 Å². The fraction of sp³-hybridized carbons (Fsp3) is 0.600. The molecule has 144 valence electrons. The Balaban J connectivity index is 1.73. The lowest BCUT2D eigenvalue weighted by molar-refractivity contribution is -0.133. The van der Waals surface area contributed by atoms with Crippen LogP contribution in [0.1, 0.15) is 40.0 Å². The van der Waals surface area contributed by atoms with Gasteiger partial charge in [-0.1, -0.05) is 26.0 Å². The minimum atomic E-state index is -0.150. The molecule has 6 heteroatoms. The van der Waals surface area contributed by atoms with Crippen molar-refractivity contribution in [1.29, 1.82) is 0 Å². The van der Waals surface area contributed by atoms with Crippen LogP contribution >= 0.6 is 0 Å². The Bertz CT molecular complexity index is 595. The summed E-state index contributed by atoms with van der Waals surface area (Å²) in [6.45, 7) is 7.90. The lowest BCUT2D eigenvalue weighted by atomic mass is 10.0. The molecule has 6 nitrogen and oxygen atoms in total. The average Bonchev–Trinajstić information content (AvgIpc) is 2.61. The second-order valence-corrected chi connectivity index (χ2v) is 6.99. The molecule has 0 aliphatic carbocycles. The van der Waals surface area contributed by atoms with E-state index in [1.807, 2.05) is 30.0 Å². The number of para-hydroxylation sites is 2. The van der Waals surface area contributed by atoms with Crippen molar-refractivity contribution >= 4 is 11.8 Å². The molecular weight excluding hydrogens is 332 g/mol. The van der Waals surface area contributed by atoms with Crippen LogP contribution in [0.25, 0.3) is 0 Å². The van der Waals surface area contributed by atoms with Gasteiger partial charge in [-0.2, -0.15) is 0 Å². The Kier molecular flexibility index (Phi) is 7.75. The highest BCUT2D eigenvalue weighted by molar-refractivity contribution is 5.78. The largest absolute Gasteiger partial charge is 0.490 e. The molecule has 1 aliphatic rings. The smallest absolute Gasteiger partial charge is 0.258 e. The van der Waals surface area contributed by atoms with Crippen molar-refractivity contribution in [2.75, 3.05) is 26.3 Å². The molecular formula is C20H30N2O4. The molecule has 1 heterocycles. The molecule has 1 aromatic rings. The first kappa shape index (κ1) is 20.1. The molecule has 0 aromatic heterocycles. The fourth-order valence-electron chi connectivity index (χ4n) is 3.01. The van der Waals surface area contributed by atoms with Gasteiger partial charge in [0.05, 0.1) is 6.61 Å². The summed E-state index contributed by atoms with van der Waals surface area (Å²) in [7, 11) is 0. The average molecular weight is 362 g/mol. The summed E-state index contributed by atoms with van der Waals surface area (Å²) in [4.78, 5) is 26.1. The van der Waals surface area contributed by atoms with Gasteiger partial charge >= 0.3 is 0 Å². The summed E-state index contributed by atoms with van der Waals surface area (Å²) >= 11 is 0. The van der Waals surface area contributed by atoms with E-state index in [1.165, 1.54) is 0 Å². The molecule has 1 fully saturated rings. The van der Waals surface area contributed by atoms with E-state index < -0.39 is 0 Å². The maximum atomic E-state index is 12.2. The van der Waals surface area contributed by atoms with E-state index in [-0.39, 0.29) is 24.5 Å². The number of carbonyl (C=O) groups is 2. The highest BCUT2D eigenvalue weighted by Crippen LogP contribution is 2.26. The van der Waals surface area contributed by atoms with Crippen molar-refractivity contribution in [3.8, 4) is 11.5 Å². The first-order chi connectivity index (χ1) is 12.5. The van der Waals surface area contributed by atoms with E-state index in [4.69, 9.17) is 9.47 Å². The van der Waals surface area contributed by atoms with Crippen LogP contribution < -0.4 is 14.8 Å². The zero-order valence-electron chi connectivity index (χ0n) is 16.0. The number of rotatable bonds is 8. The molecule has 0 unspecified atom stereocenters. The molecule has 1 aromatic carbocycles. The monoisotopic (exact) mass is 362 g/mol. The van der Waals surface area contributed by atoms with Gasteiger partial charge in [-0.05, 0) is 37.8 Å². The number of nitrogens with zero attached hydrogens (tertiary/aromatic N) is 1. The van der Waals surface area contributed by atoms with Crippen LogP contribution in [0.15, 0.2) is 24.3 Å². The van der Waals surface area contributed by atoms with Gasteiger partial charge in [0.25, 0.3) is 5.91 Å². The Morgan fingerprint density at radius 3 is 2.35 bits per heavy atom. The van der Waals surface area contributed by atoms with Crippen molar-refractivity contribution < 1.29 is 19.1 Å². The lowest BCUT2D eigenvalue weighted by Gasteiger charge is -2.32. The van der Waals surface area contributed by atoms with Crippen LogP contribution in [0, 0.1) is 5.92 Å². The van der Waals surface area contributed by atoms with Gasteiger partial charge in [0, 0.05) is 25.6 Å². The Labute approximate surface area is 155 Å². The van der Waals surface area contributed by atoms with Gasteiger partial charge in [-0.15, -0.1) is 0 Å². The molecule has 0 atom stereocenters. The summed E-state index contributed by atoms with van der Waals surface area (Å²) in [5.41, 5.74) is 0. The maximum Gasteiger partial charge on any atom is 0.258 e. The summed E-state index contributed by atoms with van der Waals surface area (Å²) in [5, 5.41) is 3.00. The van der Waals surface area contributed by atoms with Gasteiger partial charge in [0.15, 0.2) is 18.1 Å². The minimum Gasteiger partial charge on any atom is -0.490 e. The van der Waals surface area contributed by atoms with Crippen LogP contribution in [-0.2, 0) is 9.59 Å². The van der Waals surface area contributed by atoms with Gasteiger partial charge in [0.1, 0.15) is 0 Å². The standard InChI is InChI=1S/C20H30N2O4/c1-4-25-17-7-5-6-8-18(17)26-14-19(23)21-16-9-11-22(12-10-16)20(24)13-15(2)3/h5-8,15-16H,4,9-14H2,1-3H3,(H,21,23). The van der Waals surface area contributed by atoms with E-state index in [0.29, 0.717) is 43.5 Å². The number of piperidine rings is 1. The first-order valence-corrected chi connectivity index (χ1v) is 9.41. The molecule has 2 amide bonds. The zero-order valence-corrected chi connectivity index (χ0v) is 16.0. The van der Waals surface area contributed by atoms with Crippen LogP contribution in [0.4, 0.5) is 0 Å². The molecule has 1 aliphatic heterocycles. The van der Waals surface area contributed by atoms with Crippen molar-refractivity contribution in [2.45, 2.75) is 46.1 Å². The molecule has 1 N–H and O–H groups in total. The van der Waals surface area contributed by atoms with Gasteiger partial charge in [-0.25, -0.2) is 0 Å². The molecule has 0 bridgehead atoms. The van der Waals surface area contributed by atoms with Crippen LogP contribution in [0.2, 0.25) is 0 Å². The third-order valence-electron chi connectivity index (χ3n) is 4.30. The second kappa shape index (κ2) is 10.0. The summed E-state index contributed by atoms with van der Waals surface area (Å²) in [6, 6.07) is 7.42. The summed E-state index contributed by atoms with van der Waals surface area (Å²) in [6.07, 6.45) is 2.15. The maximum absolute atomic E-state index is 12.2. The summed E-state index contributed by atoms with van der Waals surface area (Å²) < 4.78 is 11.1. The van der Waals surface area contributed by atoms with Gasteiger partial charge < -0.3 is 19.7 Å². The number of amides is 2. The SMILES string of the molecule is CCOc1ccccc1OCC(=O)NC1CCN(C(=O)CC(C)C)CC1. The molecule has 26 heavy (non-hydrogen) atoms. The van der Waals surface area contributed by atoms with Crippen molar-refractivity contribution in [2.24, 2.45) is 5.92 Å². The van der Waals surface area contributed by atoms with Gasteiger partial charge in [0.2, 0.25) is 5.91 Å². The van der Waals surface area contributed by atoms with Gasteiger partial charge in [-0.3, -0.25) is 9.59 Å². The van der Waals surface area contributed by atoms with Crippen molar-refractivity contribution in [1.82, 2.24) is 10.2 Å². The predicted molar refractivity (Wildman–Crippen MR) is 100 cm³/mol. The molecule has 1 saturated heterocycles. The van der Waals surface area contributed by atoms with E-state index in [2.05, 4.69) is 19.2 Å². The Morgan fingerprint density at radius 2 is 1.77 bits per heavy atom. The number of hydrogen-bond acceptors (Lipinski definition) is 4.